The van der Waals surface area contributed by atoms with Gasteiger partial charge in [0.1, 0.15) is 0 Å². The quantitative estimate of drug-likeness (QED) is 0.731. The van der Waals surface area contributed by atoms with Gasteiger partial charge in [-0.3, -0.25) is 9.69 Å². The zero-order valence-electron chi connectivity index (χ0n) is 12.3. The summed E-state index contributed by atoms with van der Waals surface area (Å²) < 4.78 is 10.7. The van der Waals surface area contributed by atoms with E-state index in [1.54, 1.807) is 0 Å². The molecule has 2 aliphatic rings. The number of rotatable bonds is 4. The molecule has 1 aliphatic heterocycles. The molecule has 1 saturated carbocycles. The number of carbonyl (C=O) groups is 1. The van der Waals surface area contributed by atoms with E-state index in [1.807, 2.05) is 0 Å². The summed E-state index contributed by atoms with van der Waals surface area (Å²) in [7, 11) is 0. The van der Waals surface area contributed by atoms with Crippen molar-refractivity contribution in [3.8, 4) is 0 Å². The average molecular weight is 269 g/mol. The van der Waals surface area contributed by atoms with Gasteiger partial charge in [-0.1, -0.05) is 20.3 Å². The summed E-state index contributed by atoms with van der Waals surface area (Å²) in [6, 6.07) is 0. The minimum absolute atomic E-state index is 0.0762. The third kappa shape index (κ3) is 4.77. The lowest BCUT2D eigenvalue weighted by Crippen LogP contribution is -2.40. The van der Waals surface area contributed by atoms with Crippen LogP contribution in [0.2, 0.25) is 0 Å². The molecule has 2 fully saturated rings. The molecule has 19 heavy (non-hydrogen) atoms. The number of esters is 1. The Bertz CT molecular complexity index is 289. The maximum Gasteiger partial charge on any atom is 0.320 e. The van der Waals surface area contributed by atoms with Gasteiger partial charge in [0, 0.05) is 13.1 Å². The van der Waals surface area contributed by atoms with E-state index in [4.69, 9.17) is 9.47 Å². The number of ether oxygens (including phenoxy) is 2. The first-order valence-corrected chi connectivity index (χ1v) is 7.61. The summed E-state index contributed by atoms with van der Waals surface area (Å²) in [5.41, 5.74) is 0. The van der Waals surface area contributed by atoms with Crippen molar-refractivity contribution < 1.29 is 14.3 Å². The predicted molar refractivity (Wildman–Crippen MR) is 73.9 cm³/mol. The van der Waals surface area contributed by atoms with Crippen molar-refractivity contribution in [1.29, 1.82) is 0 Å². The third-order valence-corrected chi connectivity index (χ3v) is 4.52. The zero-order chi connectivity index (χ0) is 13.7. The molecule has 0 radical (unpaired) electrons. The molecule has 3 atom stereocenters. The second-order valence-corrected chi connectivity index (χ2v) is 6.23. The van der Waals surface area contributed by atoms with Crippen molar-refractivity contribution in [3.05, 3.63) is 0 Å². The summed E-state index contributed by atoms with van der Waals surface area (Å²) >= 11 is 0. The van der Waals surface area contributed by atoms with Crippen molar-refractivity contribution in [2.75, 3.05) is 39.5 Å². The Hall–Kier alpha value is -0.610. The Morgan fingerprint density at radius 2 is 2.00 bits per heavy atom. The number of carbonyl (C=O) groups excluding carboxylic acids is 1. The van der Waals surface area contributed by atoms with E-state index in [0.717, 1.165) is 32.2 Å². The van der Waals surface area contributed by atoms with Crippen LogP contribution < -0.4 is 0 Å². The fraction of sp³-hybridized carbons (Fsp3) is 0.933. The third-order valence-electron chi connectivity index (χ3n) is 4.52. The minimum Gasteiger partial charge on any atom is -0.464 e. The Kier molecular flexibility index (Phi) is 5.64. The van der Waals surface area contributed by atoms with Gasteiger partial charge in [-0.15, -0.1) is 0 Å². The van der Waals surface area contributed by atoms with Gasteiger partial charge in [0.15, 0.2) is 0 Å². The highest BCUT2D eigenvalue weighted by Crippen LogP contribution is 2.33. The molecule has 0 aromatic heterocycles. The summed E-state index contributed by atoms with van der Waals surface area (Å²) in [6.07, 6.45) is 3.74. The van der Waals surface area contributed by atoms with Crippen LogP contribution in [0.5, 0.6) is 0 Å². The molecular weight excluding hydrogens is 242 g/mol. The molecule has 1 saturated heterocycles. The molecular formula is C15H27NO3. The normalized spacial score (nSPS) is 33.1. The molecule has 110 valence electrons. The number of morpholine rings is 1. The summed E-state index contributed by atoms with van der Waals surface area (Å²) in [5, 5.41) is 0. The van der Waals surface area contributed by atoms with Gasteiger partial charge in [0.25, 0.3) is 0 Å². The highest BCUT2D eigenvalue weighted by atomic mass is 16.5. The van der Waals surface area contributed by atoms with Crippen LogP contribution in [0.1, 0.15) is 33.1 Å². The number of nitrogens with zero attached hydrogens (tertiary/aromatic N) is 1. The van der Waals surface area contributed by atoms with Gasteiger partial charge in [0.05, 0.1) is 26.4 Å². The molecule has 0 unspecified atom stereocenters. The minimum atomic E-state index is -0.0762. The molecule has 2 rings (SSSR count). The van der Waals surface area contributed by atoms with Crippen molar-refractivity contribution in [1.82, 2.24) is 4.90 Å². The lowest BCUT2D eigenvalue weighted by atomic mass is 9.76. The predicted octanol–water partition coefficient (Wildman–Crippen LogP) is 1.93. The first-order valence-electron chi connectivity index (χ1n) is 7.61. The zero-order valence-corrected chi connectivity index (χ0v) is 12.3. The maximum absolute atomic E-state index is 11.8. The molecule has 0 aromatic carbocycles. The van der Waals surface area contributed by atoms with Gasteiger partial charge in [-0.25, -0.2) is 0 Å². The highest BCUT2D eigenvalue weighted by molar-refractivity contribution is 5.71. The largest absolute Gasteiger partial charge is 0.464 e. The molecule has 0 bridgehead atoms. The van der Waals surface area contributed by atoms with E-state index in [-0.39, 0.29) is 5.97 Å². The van der Waals surface area contributed by atoms with E-state index >= 15 is 0 Å². The van der Waals surface area contributed by atoms with E-state index in [2.05, 4.69) is 18.7 Å². The van der Waals surface area contributed by atoms with Crippen LogP contribution in [0.3, 0.4) is 0 Å². The topological polar surface area (TPSA) is 38.8 Å². The first-order chi connectivity index (χ1) is 9.15. The molecule has 0 spiro atoms. The van der Waals surface area contributed by atoms with Crippen LogP contribution in [0.4, 0.5) is 0 Å². The molecule has 0 amide bonds. The number of hydrogen-bond acceptors (Lipinski definition) is 4. The standard InChI is InChI=1S/C15H27NO3/c1-12-3-4-14(13(2)9-12)11-19-15(17)10-16-5-7-18-8-6-16/h12-14H,3-11H2,1-2H3/t12-,13+,14+/m0/s1. The SMILES string of the molecule is C[C@H]1CC[C@H](COC(=O)CN2CCOCC2)[C@H](C)C1. The van der Waals surface area contributed by atoms with Gasteiger partial charge in [0.2, 0.25) is 0 Å². The lowest BCUT2D eigenvalue weighted by Gasteiger charge is -2.32. The molecule has 0 aromatic rings. The molecule has 4 heteroatoms. The lowest BCUT2D eigenvalue weighted by molar-refractivity contribution is -0.148. The van der Waals surface area contributed by atoms with E-state index in [1.165, 1.54) is 19.3 Å². The first kappa shape index (κ1) is 14.8. The Balaban J connectivity index is 1.65. The molecule has 1 aliphatic carbocycles. The van der Waals surface area contributed by atoms with Crippen molar-refractivity contribution in [3.63, 3.8) is 0 Å². The summed E-state index contributed by atoms with van der Waals surface area (Å²) in [5.74, 6) is 1.99. The smallest absolute Gasteiger partial charge is 0.320 e. The van der Waals surface area contributed by atoms with Crippen molar-refractivity contribution in [2.24, 2.45) is 17.8 Å². The van der Waals surface area contributed by atoms with Crippen LogP contribution >= 0.6 is 0 Å². The van der Waals surface area contributed by atoms with Crippen molar-refractivity contribution >= 4 is 5.97 Å². The van der Waals surface area contributed by atoms with Crippen molar-refractivity contribution in [2.45, 2.75) is 33.1 Å². The molecule has 4 nitrogen and oxygen atoms in total. The van der Waals surface area contributed by atoms with Crippen LogP contribution in [-0.4, -0.2) is 50.3 Å². The average Bonchev–Trinajstić information content (AvgIpc) is 2.39. The number of hydrogen-bond donors (Lipinski definition) is 0. The van der Waals surface area contributed by atoms with Crippen LogP contribution in [0, 0.1) is 17.8 Å². The Morgan fingerprint density at radius 1 is 1.26 bits per heavy atom. The Morgan fingerprint density at radius 3 is 2.68 bits per heavy atom. The van der Waals surface area contributed by atoms with Gasteiger partial charge in [-0.2, -0.15) is 0 Å². The van der Waals surface area contributed by atoms with Crippen LogP contribution in [-0.2, 0) is 14.3 Å². The fourth-order valence-corrected chi connectivity index (χ4v) is 3.16. The van der Waals surface area contributed by atoms with Crippen LogP contribution in [0.15, 0.2) is 0 Å². The van der Waals surface area contributed by atoms with Gasteiger partial charge >= 0.3 is 5.97 Å². The second kappa shape index (κ2) is 7.25. The van der Waals surface area contributed by atoms with Crippen LogP contribution in [0.25, 0.3) is 0 Å². The van der Waals surface area contributed by atoms with Gasteiger partial charge in [-0.05, 0) is 30.6 Å². The molecule has 1 heterocycles. The summed E-state index contributed by atoms with van der Waals surface area (Å²) in [4.78, 5) is 13.9. The van der Waals surface area contributed by atoms with E-state index < -0.39 is 0 Å². The Labute approximate surface area is 116 Å². The second-order valence-electron chi connectivity index (χ2n) is 6.23. The fourth-order valence-electron chi connectivity index (χ4n) is 3.16. The van der Waals surface area contributed by atoms with Gasteiger partial charge < -0.3 is 9.47 Å². The molecule has 0 N–H and O–H groups in total. The van der Waals surface area contributed by atoms with E-state index in [0.29, 0.717) is 25.0 Å². The maximum atomic E-state index is 11.8. The highest BCUT2D eigenvalue weighted by Gasteiger charge is 2.26. The summed E-state index contributed by atoms with van der Waals surface area (Å²) in [6.45, 7) is 8.76. The monoisotopic (exact) mass is 269 g/mol. The van der Waals surface area contributed by atoms with E-state index in [9.17, 15) is 4.79 Å².